The van der Waals surface area contributed by atoms with Crippen molar-refractivity contribution in [2.24, 2.45) is 5.73 Å². The average molecular weight is 205 g/mol. The molecule has 5 heteroatoms. The minimum atomic E-state index is -4.65. The van der Waals surface area contributed by atoms with Gasteiger partial charge < -0.3 is 10.8 Å². The van der Waals surface area contributed by atoms with E-state index in [2.05, 4.69) is 0 Å². The van der Waals surface area contributed by atoms with Crippen molar-refractivity contribution in [3.8, 4) is 0 Å². The van der Waals surface area contributed by atoms with E-state index in [9.17, 15) is 13.2 Å². The van der Waals surface area contributed by atoms with Crippen LogP contribution in [-0.4, -0.2) is 11.3 Å². The molecule has 0 aliphatic rings. The summed E-state index contributed by atoms with van der Waals surface area (Å²) < 4.78 is 36.5. The first-order chi connectivity index (χ1) is 6.46. The molecule has 0 aliphatic heterocycles. The van der Waals surface area contributed by atoms with E-state index in [1.165, 1.54) is 18.2 Å². The first kappa shape index (κ1) is 11.0. The van der Waals surface area contributed by atoms with E-state index >= 15 is 0 Å². The summed E-state index contributed by atoms with van der Waals surface area (Å²) in [6.07, 6.45) is -7.10. The minimum Gasteiger partial charge on any atom is -0.379 e. The SMILES string of the molecule is NCc1ccccc1C(O)C(F)(F)F. The third-order valence-electron chi connectivity index (χ3n) is 1.88. The molecular formula is C9H10F3NO. The Labute approximate surface area is 79.2 Å². The molecule has 0 radical (unpaired) electrons. The van der Waals surface area contributed by atoms with Gasteiger partial charge in [0.15, 0.2) is 6.10 Å². The minimum absolute atomic E-state index is 0.0245. The van der Waals surface area contributed by atoms with Crippen LogP contribution in [0.15, 0.2) is 24.3 Å². The molecule has 0 heterocycles. The van der Waals surface area contributed by atoms with Crippen LogP contribution in [-0.2, 0) is 6.54 Å². The van der Waals surface area contributed by atoms with E-state index in [1.54, 1.807) is 6.07 Å². The standard InChI is InChI=1S/C9H10F3NO/c10-9(11,12)8(14)7-4-2-1-3-6(7)5-13/h1-4,8,14H,5,13H2. The highest BCUT2D eigenvalue weighted by molar-refractivity contribution is 5.29. The van der Waals surface area contributed by atoms with Crippen LogP contribution >= 0.6 is 0 Å². The summed E-state index contributed by atoms with van der Waals surface area (Å²) in [6.45, 7) is -0.0245. The molecule has 0 spiro atoms. The molecule has 0 aliphatic carbocycles. The molecule has 1 unspecified atom stereocenters. The van der Waals surface area contributed by atoms with Crippen LogP contribution in [0.5, 0.6) is 0 Å². The highest BCUT2D eigenvalue weighted by atomic mass is 19.4. The average Bonchev–Trinajstić information content (AvgIpc) is 2.15. The summed E-state index contributed by atoms with van der Waals surface area (Å²) in [7, 11) is 0. The molecule has 1 atom stereocenters. The zero-order valence-electron chi connectivity index (χ0n) is 7.25. The Hall–Kier alpha value is -1.07. The van der Waals surface area contributed by atoms with Crippen LogP contribution in [0.25, 0.3) is 0 Å². The summed E-state index contributed by atoms with van der Waals surface area (Å²) >= 11 is 0. The van der Waals surface area contributed by atoms with Crippen LogP contribution in [0.3, 0.4) is 0 Å². The van der Waals surface area contributed by atoms with Crippen LogP contribution in [0.4, 0.5) is 13.2 Å². The van der Waals surface area contributed by atoms with Gasteiger partial charge >= 0.3 is 6.18 Å². The van der Waals surface area contributed by atoms with Gasteiger partial charge in [0.25, 0.3) is 0 Å². The molecule has 1 rings (SSSR count). The summed E-state index contributed by atoms with van der Waals surface area (Å²) in [5.41, 5.74) is 5.38. The number of hydrogen-bond acceptors (Lipinski definition) is 2. The van der Waals surface area contributed by atoms with Gasteiger partial charge in [-0.25, -0.2) is 0 Å². The van der Waals surface area contributed by atoms with Gasteiger partial charge in [0.2, 0.25) is 0 Å². The van der Waals surface area contributed by atoms with Gasteiger partial charge in [-0.1, -0.05) is 24.3 Å². The Bertz CT molecular complexity index is 311. The predicted molar refractivity (Wildman–Crippen MR) is 45.3 cm³/mol. The number of rotatable bonds is 2. The monoisotopic (exact) mass is 205 g/mol. The highest BCUT2D eigenvalue weighted by Crippen LogP contribution is 2.33. The maximum absolute atomic E-state index is 12.2. The second kappa shape index (κ2) is 3.98. The maximum Gasteiger partial charge on any atom is 0.418 e. The Morgan fingerprint density at radius 2 is 1.86 bits per heavy atom. The van der Waals surface area contributed by atoms with Crippen molar-refractivity contribution < 1.29 is 18.3 Å². The highest BCUT2D eigenvalue weighted by Gasteiger charge is 2.40. The van der Waals surface area contributed by atoms with E-state index in [0.717, 1.165) is 0 Å². The molecule has 0 amide bonds. The third-order valence-corrected chi connectivity index (χ3v) is 1.88. The van der Waals surface area contributed by atoms with Crippen LogP contribution in [0, 0.1) is 0 Å². The largest absolute Gasteiger partial charge is 0.418 e. The van der Waals surface area contributed by atoms with Crippen LogP contribution < -0.4 is 5.73 Å². The molecule has 0 bridgehead atoms. The quantitative estimate of drug-likeness (QED) is 0.772. The topological polar surface area (TPSA) is 46.2 Å². The molecule has 1 aromatic carbocycles. The fraction of sp³-hybridized carbons (Fsp3) is 0.333. The Balaban J connectivity index is 3.06. The van der Waals surface area contributed by atoms with Crippen molar-refractivity contribution in [1.82, 2.24) is 0 Å². The van der Waals surface area contributed by atoms with Gasteiger partial charge in [0.05, 0.1) is 0 Å². The second-order valence-corrected chi connectivity index (χ2v) is 2.85. The lowest BCUT2D eigenvalue weighted by atomic mass is 10.0. The van der Waals surface area contributed by atoms with Gasteiger partial charge in [0.1, 0.15) is 0 Å². The zero-order chi connectivity index (χ0) is 10.8. The first-order valence-corrected chi connectivity index (χ1v) is 3.99. The number of aliphatic hydroxyl groups excluding tert-OH is 1. The number of alkyl halides is 3. The fourth-order valence-electron chi connectivity index (χ4n) is 1.16. The van der Waals surface area contributed by atoms with E-state index in [1.807, 2.05) is 0 Å². The molecule has 0 aromatic heterocycles. The number of halogens is 3. The third kappa shape index (κ3) is 2.24. The molecule has 0 saturated heterocycles. The lowest BCUT2D eigenvalue weighted by Crippen LogP contribution is -2.22. The predicted octanol–water partition coefficient (Wildman–Crippen LogP) is 1.74. The number of hydrogen-bond donors (Lipinski definition) is 2. The van der Waals surface area contributed by atoms with Crippen molar-refractivity contribution in [2.75, 3.05) is 0 Å². The van der Waals surface area contributed by atoms with Crippen molar-refractivity contribution in [2.45, 2.75) is 18.8 Å². The fourth-order valence-corrected chi connectivity index (χ4v) is 1.16. The molecule has 2 nitrogen and oxygen atoms in total. The number of nitrogens with two attached hydrogens (primary N) is 1. The molecule has 14 heavy (non-hydrogen) atoms. The van der Waals surface area contributed by atoms with Crippen molar-refractivity contribution in [3.63, 3.8) is 0 Å². The van der Waals surface area contributed by atoms with Crippen molar-refractivity contribution >= 4 is 0 Å². The molecular weight excluding hydrogens is 195 g/mol. The summed E-state index contributed by atoms with van der Waals surface area (Å²) in [4.78, 5) is 0. The van der Waals surface area contributed by atoms with Crippen molar-refractivity contribution in [3.05, 3.63) is 35.4 Å². The van der Waals surface area contributed by atoms with Gasteiger partial charge in [-0.3, -0.25) is 0 Å². The van der Waals surface area contributed by atoms with E-state index < -0.39 is 12.3 Å². The normalized spacial score (nSPS) is 14.1. The van der Waals surface area contributed by atoms with Crippen LogP contribution in [0.2, 0.25) is 0 Å². The maximum atomic E-state index is 12.2. The lowest BCUT2D eigenvalue weighted by molar-refractivity contribution is -0.207. The number of benzene rings is 1. The molecule has 1 aromatic rings. The lowest BCUT2D eigenvalue weighted by Gasteiger charge is -2.17. The van der Waals surface area contributed by atoms with Crippen molar-refractivity contribution in [1.29, 1.82) is 0 Å². The van der Waals surface area contributed by atoms with Gasteiger partial charge in [-0.05, 0) is 11.1 Å². The zero-order valence-corrected chi connectivity index (χ0v) is 7.25. The smallest absolute Gasteiger partial charge is 0.379 e. The summed E-state index contributed by atoms with van der Waals surface area (Å²) in [5.74, 6) is 0. The molecule has 3 N–H and O–H groups in total. The number of aliphatic hydroxyl groups is 1. The Kier molecular flexibility index (Phi) is 3.13. The molecule has 78 valence electrons. The Morgan fingerprint density at radius 1 is 1.29 bits per heavy atom. The first-order valence-electron chi connectivity index (χ1n) is 3.99. The Morgan fingerprint density at radius 3 is 2.36 bits per heavy atom. The van der Waals surface area contributed by atoms with E-state index in [4.69, 9.17) is 10.8 Å². The van der Waals surface area contributed by atoms with E-state index in [-0.39, 0.29) is 12.1 Å². The summed E-state index contributed by atoms with van der Waals surface area (Å²) in [6, 6.07) is 5.70. The molecule has 0 saturated carbocycles. The van der Waals surface area contributed by atoms with E-state index in [0.29, 0.717) is 5.56 Å². The summed E-state index contributed by atoms with van der Waals surface area (Å²) in [5, 5.41) is 8.99. The van der Waals surface area contributed by atoms with Gasteiger partial charge in [-0.15, -0.1) is 0 Å². The van der Waals surface area contributed by atoms with Gasteiger partial charge in [-0.2, -0.15) is 13.2 Å². The second-order valence-electron chi connectivity index (χ2n) is 2.85. The van der Waals surface area contributed by atoms with Crippen LogP contribution in [0.1, 0.15) is 17.2 Å². The van der Waals surface area contributed by atoms with Gasteiger partial charge in [0, 0.05) is 6.54 Å². The molecule has 0 fully saturated rings.